The average molecular weight is 239 g/mol. The topological polar surface area (TPSA) is 95.2 Å². The van der Waals surface area contributed by atoms with Crippen LogP contribution in [-0.4, -0.2) is 40.8 Å². The lowest BCUT2D eigenvalue weighted by molar-refractivity contribution is 0.0327. The SMILES string of the molecule is CCOc1nc(N)nc(NC2CC(OC)C2)n1. The van der Waals surface area contributed by atoms with E-state index in [0.29, 0.717) is 24.7 Å². The minimum absolute atomic E-state index is 0.161. The second-order valence-corrected chi connectivity index (χ2v) is 3.90. The highest BCUT2D eigenvalue weighted by molar-refractivity contribution is 5.34. The van der Waals surface area contributed by atoms with Crippen LogP contribution >= 0.6 is 0 Å². The van der Waals surface area contributed by atoms with E-state index in [1.165, 1.54) is 0 Å². The van der Waals surface area contributed by atoms with E-state index in [-0.39, 0.29) is 12.0 Å². The van der Waals surface area contributed by atoms with Gasteiger partial charge in [0.25, 0.3) is 0 Å². The van der Waals surface area contributed by atoms with Crippen molar-refractivity contribution in [2.24, 2.45) is 0 Å². The van der Waals surface area contributed by atoms with Crippen molar-refractivity contribution in [3.05, 3.63) is 0 Å². The lowest BCUT2D eigenvalue weighted by Crippen LogP contribution is -2.40. The smallest absolute Gasteiger partial charge is 0.323 e. The number of nitrogens with two attached hydrogens (primary N) is 1. The third-order valence-electron chi connectivity index (χ3n) is 2.67. The number of nitrogens with one attached hydrogen (secondary N) is 1. The first kappa shape index (κ1) is 11.8. The van der Waals surface area contributed by atoms with Crippen LogP contribution in [0.4, 0.5) is 11.9 Å². The van der Waals surface area contributed by atoms with Gasteiger partial charge in [0.15, 0.2) is 0 Å². The molecule has 0 amide bonds. The van der Waals surface area contributed by atoms with Crippen LogP contribution in [0.2, 0.25) is 0 Å². The highest BCUT2D eigenvalue weighted by Gasteiger charge is 2.29. The molecule has 1 heterocycles. The molecular formula is C10H17N5O2. The summed E-state index contributed by atoms with van der Waals surface area (Å²) >= 11 is 0. The molecule has 7 nitrogen and oxygen atoms in total. The Labute approximate surface area is 99.8 Å². The molecule has 2 rings (SSSR count). The molecule has 17 heavy (non-hydrogen) atoms. The maximum Gasteiger partial charge on any atom is 0.323 e. The van der Waals surface area contributed by atoms with E-state index in [0.717, 1.165) is 12.8 Å². The summed E-state index contributed by atoms with van der Waals surface area (Å²) < 4.78 is 10.4. The number of nitrogens with zero attached hydrogens (tertiary/aromatic N) is 3. The monoisotopic (exact) mass is 239 g/mol. The first-order valence-corrected chi connectivity index (χ1v) is 5.65. The zero-order valence-electron chi connectivity index (χ0n) is 10.0. The van der Waals surface area contributed by atoms with Gasteiger partial charge in [-0.3, -0.25) is 0 Å². The maximum absolute atomic E-state index is 5.57. The maximum atomic E-state index is 5.57. The number of hydrogen-bond acceptors (Lipinski definition) is 7. The molecular weight excluding hydrogens is 222 g/mol. The summed E-state index contributed by atoms with van der Waals surface area (Å²) in [5, 5.41) is 3.18. The molecule has 0 radical (unpaired) electrons. The predicted octanol–water partition coefficient (Wildman–Crippen LogP) is 0.442. The minimum atomic E-state index is 0.161. The van der Waals surface area contributed by atoms with Gasteiger partial charge in [-0.15, -0.1) is 0 Å². The number of nitrogen functional groups attached to an aromatic ring is 1. The van der Waals surface area contributed by atoms with Gasteiger partial charge in [0.05, 0.1) is 12.7 Å². The second-order valence-electron chi connectivity index (χ2n) is 3.90. The van der Waals surface area contributed by atoms with E-state index in [4.69, 9.17) is 15.2 Å². The van der Waals surface area contributed by atoms with E-state index in [1.54, 1.807) is 7.11 Å². The van der Waals surface area contributed by atoms with Crippen LogP contribution in [0.3, 0.4) is 0 Å². The standard InChI is InChI=1S/C10H17N5O2/c1-3-17-10-14-8(11)13-9(15-10)12-6-4-7(5-6)16-2/h6-7H,3-5H2,1-2H3,(H3,11,12,13,14,15). The quantitative estimate of drug-likeness (QED) is 0.769. The molecule has 1 aromatic heterocycles. The van der Waals surface area contributed by atoms with Crippen molar-refractivity contribution < 1.29 is 9.47 Å². The minimum Gasteiger partial charge on any atom is -0.464 e. The molecule has 0 aliphatic heterocycles. The number of anilines is 2. The van der Waals surface area contributed by atoms with Crippen molar-refractivity contribution in [2.75, 3.05) is 24.8 Å². The lowest BCUT2D eigenvalue weighted by Gasteiger charge is -2.34. The molecule has 1 saturated carbocycles. The molecule has 0 bridgehead atoms. The zero-order chi connectivity index (χ0) is 12.3. The van der Waals surface area contributed by atoms with Crippen LogP contribution in [0, 0.1) is 0 Å². The van der Waals surface area contributed by atoms with Gasteiger partial charge in [-0.05, 0) is 19.8 Å². The molecule has 1 aliphatic rings. The zero-order valence-corrected chi connectivity index (χ0v) is 10.0. The van der Waals surface area contributed by atoms with E-state index in [2.05, 4.69) is 20.3 Å². The molecule has 1 aromatic rings. The fourth-order valence-electron chi connectivity index (χ4n) is 1.69. The second kappa shape index (κ2) is 5.13. The molecule has 0 unspecified atom stereocenters. The number of aromatic nitrogens is 3. The van der Waals surface area contributed by atoms with Crippen molar-refractivity contribution in [3.8, 4) is 6.01 Å². The fraction of sp³-hybridized carbons (Fsp3) is 0.700. The van der Waals surface area contributed by atoms with Crippen LogP contribution in [-0.2, 0) is 4.74 Å². The van der Waals surface area contributed by atoms with Gasteiger partial charge in [0.1, 0.15) is 0 Å². The van der Waals surface area contributed by atoms with Crippen LogP contribution in [0.1, 0.15) is 19.8 Å². The predicted molar refractivity (Wildman–Crippen MR) is 62.9 cm³/mol. The van der Waals surface area contributed by atoms with Crippen LogP contribution in [0.15, 0.2) is 0 Å². The third kappa shape index (κ3) is 2.94. The van der Waals surface area contributed by atoms with E-state index in [1.807, 2.05) is 6.92 Å². The van der Waals surface area contributed by atoms with Gasteiger partial charge in [-0.25, -0.2) is 0 Å². The van der Waals surface area contributed by atoms with Gasteiger partial charge < -0.3 is 20.5 Å². The van der Waals surface area contributed by atoms with Gasteiger partial charge >= 0.3 is 6.01 Å². The van der Waals surface area contributed by atoms with Crippen LogP contribution in [0.5, 0.6) is 6.01 Å². The Morgan fingerprint density at radius 2 is 2.12 bits per heavy atom. The Balaban J connectivity index is 1.96. The fourth-order valence-corrected chi connectivity index (χ4v) is 1.69. The van der Waals surface area contributed by atoms with Crippen molar-refractivity contribution >= 4 is 11.9 Å². The summed E-state index contributed by atoms with van der Waals surface area (Å²) in [5.74, 6) is 0.620. The van der Waals surface area contributed by atoms with E-state index in [9.17, 15) is 0 Å². The first-order chi connectivity index (χ1) is 8.21. The molecule has 1 fully saturated rings. The van der Waals surface area contributed by atoms with Crippen LogP contribution < -0.4 is 15.8 Å². The number of hydrogen-bond donors (Lipinski definition) is 2. The Bertz CT molecular complexity index is 381. The molecule has 0 saturated heterocycles. The molecule has 94 valence electrons. The molecule has 0 aromatic carbocycles. The van der Waals surface area contributed by atoms with Crippen molar-refractivity contribution in [3.63, 3.8) is 0 Å². The molecule has 7 heteroatoms. The van der Waals surface area contributed by atoms with E-state index < -0.39 is 0 Å². The third-order valence-corrected chi connectivity index (χ3v) is 2.67. The Kier molecular flexibility index (Phi) is 3.58. The van der Waals surface area contributed by atoms with Crippen molar-refractivity contribution in [2.45, 2.75) is 31.9 Å². The number of rotatable bonds is 5. The first-order valence-electron chi connectivity index (χ1n) is 5.65. The number of ether oxygens (including phenoxy) is 2. The summed E-state index contributed by atoms with van der Waals surface area (Å²) in [6.45, 7) is 2.36. The Morgan fingerprint density at radius 1 is 1.35 bits per heavy atom. The van der Waals surface area contributed by atoms with Crippen molar-refractivity contribution in [1.29, 1.82) is 0 Å². The summed E-state index contributed by atoms with van der Waals surface area (Å²) in [7, 11) is 1.72. The van der Waals surface area contributed by atoms with Gasteiger partial charge in [-0.2, -0.15) is 15.0 Å². The Hall–Kier alpha value is -1.63. The average Bonchev–Trinajstić information content (AvgIpc) is 2.22. The highest BCUT2D eigenvalue weighted by Crippen LogP contribution is 2.25. The summed E-state index contributed by atoms with van der Waals surface area (Å²) in [4.78, 5) is 12.0. The van der Waals surface area contributed by atoms with Gasteiger partial charge in [-0.1, -0.05) is 0 Å². The number of methoxy groups -OCH3 is 1. The molecule has 0 atom stereocenters. The van der Waals surface area contributed by atoms with E-state index >= 15 is 0 Å². The van der Waals surface area contributed by atoms with Crippen LogP contribution in [0.25, 0.3) is 0 Å². The van der Waals surface area contributed by atoms with Gasteiger partial charge in [0.2, 0.25) is 11.9 Å². The normalized spacial score (nSPS) is 22.9. The molecule has 3 N–H and O–H groups in total. The summed E-state index contributed by atoms with van der Waals surface area (Å²) in [5.41, 5.74) is 5.57. The van der Waals surface area contributed by atoms with Gasteiger partial charge in [0, 0.05) is 13.2 Å². The Morgan fingerprint density at radius 3 is 2.76 bits per heavy atom. The highest BCUT2D eigenvalue weighted by atomic mass is 16.5. The molecule has 0 spiro atoms. The lowest BCUT2D eigenvalue weighted by atomic mass is 9.89. The van der Waals surface area contributed by atoms with Crippen molar-refractivity contribution in [1.82, 2.24) is 15.0 Å². The summed E-state index contributed by atoms with van der Waals surface area (Å²) in [6, 6.07) is 0.585. The largest absolute Gasteiger partial charge is 0.464 e. The summed E-state index contributed by atoms with van der Waals surface area (Å²) in [6.07, 6.45) is 2.23. The molecule has 1 aliphatic carbocycles.